The maximum absolute atomic E-state index is 12.2. The van der Waals surface area contributed by atoms with Gasteiger partial charge in [0.25, 0.3) is 5.91 Å². The van der Waals surface area contributed by atoms with Gasteiger partial charge in [-0.2, -0.15) is 0 Å². The molecule has 5 nitrogen and oxygen atoms in total. The summed E-state index contributed by atoms with van der Waals surface area (Å²) in [5.41, 5.74) is 3.72. The van der Waals surface area contributed by atoms with Gasteiger partial charge in [-0.15, -0.1) is 0 Å². The van der Waals surface area contributed by atoms with Crippen LogP contribution in [0, 0.1) is 0 Å². The van der Waals surface area contributed by atoms with E-state index in [9.17, 15) is 4.79 Å². The average molecular weight is 346 g/mol. The summed E-state index contributed by atoms with van der Waals surface area (Å²) in [6.45, 7) is 1.36. The molecular formula is C21H22N4O. The van der Waals surface area contributed by atoms with Crippen LogP contribution < -0.4 is 10.2 Å². The van der Waals surface area contributed by atoms with Crippen molar-refractivity contribution in [2.24, 2.45) is 0 Å². The van der Waals surface area contributed by atoms with Gasteiger partial charge < -0.3 is 10.2 Å². The molecule has 2 heterocycles. The summed E-state index contributed by atoms with van der Waals surface area (Å²) in [4.78, 5) is 22.7. The largest absolute Gasteiger partial charge is 0.373 e. The summed E-state index contributed by atoms with van der Waals surface area (Å²) < 4.78 is 0. The van der Waals surface area contributed by atoms with Crippen LogP contribution in [0.2, 0.25) is 0 Å². The van der Waals surface area contributed by atoms with Gasteiger partial charge in [-0.1, -0.05) is 30.3 Å². The second-order valence-electron chi connectivity index (χ2n) is 6.10. The lowest BCUT2D eigenvalue weighted by Gasteiger charge is -2.19. The van der Waals surface area contributed by atoms with Gasteiger partial charge in [-0.25, -0.2) is 4.98 Å². The van der Waals surface area contributed by atoms with E-state index >= 15 is 0 Å². The van der Waals surface area contributed by atoms with Gasteiger partial charge in [-0.05, 0) is 41.8 Å². The highest BCUT2D eigenvalue weighted by molar-refractivity contribution is 5.92. The molecule has 0 unspecified atom stereocenters. The van der Waals surface area contributed by atoms with E-state index in [4.69, 9.17) is 0 Å². The summed E-state index contributed by atoms with van der Waals surface area (Å²) in [6.07, 6.45) is 6.28. The van der Waals surface area contributed by atoms with Crippen LogP contribution in [0.5, 0.6) is 0 Å². The average Bonchev–Trinajstić information content (AvgIpc) is 2.72. The van der Waals surface area contributed by atoms with E-state index in [1.807, 2.05) is 55.6 Å². The molecule has 0 saturated heterocycles. The number of nitrogens with one attached hydrogen (secondary N) is 1. The van der Waals surface area contributed by atoms with Crippen molar-refractivity contribution in [2.45, 2.75) is 13.0 Å². The quantitative estimate of drug-likeness (QED) is 0.714. The van der Waals surface area contributed by atoms with E-state index in [1.54, 1.807) is 24.7 Å². The third-order valence-electron chi connectivity index (χ3n) is 4.20. The van der Waals surface area contributed by atoms with Crippen LogP contribution >= 0.6 is 0 Å². The fraction of sp³-hybridized carbons (Fsp3) is 0.190. The zero-order chi connectivity index (χ0) is 18.2. The molecule has 0 aliphatic carbocycles. The van der Waals surface area contributed by atoms with Gasteiger partial charge in [0.05, 0.1) is 11.9 Å². The van der Waals surface area contributed by atoms with E-state index in [1.165, 1.54) is 5.56 Å². The Bertz CT molecular complexity index is 820. The number of hydrogen-bond acceptors (Lipinski definition) is 4. The van der Waals surface area contributed by atoms with Crippen LogP contribution in [-0.2, 0) is 13.0 Å². The SMILES string of the molecule is CN(CCc1ccncc1)c1ccc(C(=O)NCc2ccccc2)nc1. The minimum atomic E-state index is -0.167. The Hall–Kier alpha value is -3.21. The second-order valence-corrected chi connectivity index (χ2v) is 6.10. The van der Waals surface area contributed by atoms with Gasteiger partial charge in [0.1, 0.15) is 5.69 Å². The van der Waals surface area contributed by atoms with Gasteiger partial charge in [0.2, 0.25) is 0 Å². The number of hydrogen-bond donors (Lipinski definition) is 1. The molecule has 5 heteroatoms. The van der Waals surface area contributed by atoms with Gasteiger partial charge in [0, 0.05) is 32.5 Å². The van der Waals surface area contributed by atoms with Crippen molar-refractivity contribution in [2.75, 3.05) is 18.5 Å². The first-order valence-corrected chi connectivity index (χ1v) is 8.60. The Labute approximate surface area is 153 Å². The van der Waals surface area contributed by atoms with E-state index in [-0.39, 0.29) is 5.91 Å². The highest BCUT2D eigenvalue weighted by atomic mass is 16.1. The Kier molecular flexibility index (Phi) is 5.93. The van der Waals surface area contributed by atoms with Crippen molar-refractivity contribution in [1.82, 2.24) is 15.3 Å². The minimum Gasteiger partial charge on any atom is -0.373 e. The fourth-order valence-electron chi connectivity index (χ4n) is 2.59. The monoisotopic (exact) mass is 346 g/mol. The molecule has 0 spiro atoms. The van der Waals surface area contributed by atoms with Crippen LogP contribution in [-0.4, -0.2) is 29.5 Å². The third kappa shape index (κ3) is 4.89. The normalized spacial score (nSPS) is 10.3. The molecule has 1 aromatic carbocycles. The molecule has 132 valence electrons. The Morgan fingerprint density at radius 1 is 1.00 bits per heavy atom. The van der Waals surface area contributed by atoms with Crippen molar-refractivity contribution in [3.8, 4) is 0 Å². The standard InChI is InChI=1S/C21H22N4O/c1-25(14-11-17-9-12-22-13-10-17)19-7-8-20(23-16-19)21(26)24-15-18-5-3-2-4-6-18/h2-10,12-13,16H,11,14-15H2,1H3,(H,24,26). The van der Waals surface area contributed by atoms with E-state index in [2.05, 4.69) is 20.2 Å². The number of rotatable bonds is 7. The zero-order valence-electron chi connectivity index (χ0n) is 14.8. The van der Waals surface area contributed by atoms with Crippen LogP contribution in [0.3, 0.4) is 0 Å². The van der Waals surface area contributed by atoms with Crippen molar-refractivity contribution in [3.63, 3.8) is 0 Å². The Balaban J connectivity index is 1.53. The number of nitrogens with zero attached hydrogens (tertiary/aromatic N) is 3. The van der Waals surface area contributed by atoms with Crippen LogP contribution in [0.25, 0.3) is 0 Å². The predicted octanol–water partition coefficient (Wildman–Crippen LogP) is 3.09. The summed E-state index contributed by atoms with van der Waals surface area (Å²) in [5.74, 6) is -0.167. The summed E-state index contributed by atoms with van der Waals surface area (Å²) in [5, 5.41) is 2.89. The number of anilines is 1. The summed E-state index contributed by atoms with van der Waals surface area (Å²) in [6, 6.07) is 17.6. The van der Waals surface area contributed by atoms with Crippen LogP contribution in [0.4, 0.5) is 5.69 Å². The smallest absolute Gasteiger partial charge is 0.270 e. The number of aromatic nitrogens is 2. The predicted molar refractivity (Wildman–Crippen MR) is 103 cm³/mol. The van der Waals surface area contributed by atoms with E-state index in [0.29, 0.717) is 12.2 Å². The molecule has 3 rings (SSSR count). The maximum atomic E-state index is 12.2. The minimum absolute atomic E-state index is 0.167. The number of benzene rings is 1. The molecule has 2 aromatic heterocycles. The maximum Gasteiger partial charge on any atom is 0.270 e. The number of amides is 1. The molecule has 0 bridgehead atoms. The molecule has 0 fully saturated rings. The van der Waals surface area contributed by atoms with Gasteiger partial charge >= 0.3 is 0 Å². The second kappa shape index (κ2) is 8.76. The third-order valence-corrected chi connectivity index (χ3v) is 4.20. The first-order valence-electron chi connectivity index (χ1n) is 8.60. The van der Waals surface area contributed by atoms with Gasteiger partial charge in [-0.3, -0.25) is 9.78 Å². The number of carbonyl (C=O) groups is 1. The van der Waals surface area contributed by atoms with Crippen molar-refractivity contribution >= 4 is 11.6 Å². The molecule has 1 amide bonds. The van der Waals surface area contributed by atoms with Crippen molar-refractivity contribution in [1.29, 1.82) is 0 Å². The lowest BCUT2D eigenvalue weighted by molar-refractivity contribution is 0.0946. The highest BCUT2D eigenvalue weighted by Gasteiger charge is 2.08. The summed E-state index contributed by atoms with van der Waals surface area (Å²) >= 11 is 0. The van der Waals surface area contributed by atoms with E-state index in [0.717, 1.165) is 24.2 Å². The topological polar surface area (TPSA) is 58.1 Å². The molecule has 1 N–H and O–H groups in total. The molecule has 0 atom stereocenters. The molecule has 0 aliphatic heterocycles. The first-order chi connectivity index (χ1) is 12.7. The molecule has 0 radical (unpaired) electrons. The van der Waals surface area contributed by atoms with Crippen LogP contribution in [0.1, 0.15) is 21.6 Å². The number of likely N-dealkylation sites (N-methyl/N-ethyl adjacent to an activating group) is 1. The lowest BCUT2D eigenvalue weighted by atomic mass is 10.2. The zero-order valence-corrected chi connectivity index (χ0v) is 14.8. The molecule has 26 heavy (non-hydrogen) atoms. The van der Waals surface area contributed by atoms with Crippen LogP contribution in [0.15, 0.2) is 73.2 Å². The highest BCUT2D eigenvalue weighted by Crippen LogP contribution is 2.12. The molecule has 0 aliphatic rings. The Morgan fingerprint density at radius 3 is 2.46 bits per heavy atom. The van der Waals surface area contributed by atoms with Gasteiger partial charge in [0.15, 0.2) is 0 Å². The lowest BCUT2D eigenvalue weighted by Crippen LogP contribution is -2.24. The number of carbonyl (C=O) groups excluding carboxylic acids is 1. The number of pyridine rings is 2. The molecule has 3 aromatic rings. The molecular weight excluding hydrogens is 324 g/mol. The first kappa shape index (κ1) is 17.6. The van der Waals surface area contributed by atoms with Crippen molar-refractivity contribution < 1.29 is 4.79 Å². The van der Waals surface area contributed by atoms with E-state index < -0.39 is 0 Å². The summed E-state index contributed by atoms with van der Waals surface area (Å²) in [7, 11) is 2.02. The molecule has 0 saturated carbocycles. The fourth-order valence-corrected chi connectivity index (χ4v) is 2.59. The Morgan fingerprint density at radius 2 is 1.77 bits per heavy atom. The van der Waals surface area contributed by atoms with Crippen molar-refractivity contribution in [3.05, 3.63) is 90.0 Å².